The summed E-state index contributed by atoms with van der Waals surface area (Å²) in [6, 6.07) is 0.596. The van der Waals surface area contributed by atoms with Crippen LogP contribution in [0.3, 0.4) is 0 Å². The number of ether oxygens (including phenoxy) is 3. The van der Waals surface area contributed by atoms with Gasteiger partial charge in [0.15, 0.2) is 11.5 Å². The zero-order valence-electron chi connectivity index (χ0n) is 11.5. The first-order valence-electron chi connectivity index (χ1n) is 5.79. The van der Waals surface area contributed by atoms with Gasteiger partial charge in [-0.1, -0.05) is 0 Å². The maximum Gasteiger partial charge on any atom is 0.573 e. The molecule has 0 saturated carbocycles. The minimum atomic E-state index is -5.48. The van der Waals surface area contributed by atoms with Crippen molar-refractivity contribution in [3.63, 3.8) is 0 Å². The fourth-order valence-electron chi connectivity index (χ4n) is 1.59. The van der Waals surface area contributed by atoms with Crippen LogP contribution in [0.1, 0.15) is 5.56 Å². The average molecular weight is 373 g/mol. The Morgan fingerprint density at radius 3 is 1.58 bits per heavy atom. The summed E-state index contributed by atoms with van der Waals surface area (Å²) in [7, 11) is 1.13. The number of nitrogens with one attached hydrogen (secondary N) is 1. The SMILES string of the molecule is CNCc1c(OC(F)(F)F)ccc(OC(F)(F)F)c1OC(F)(F)F. The fraction of sp³-hybridized carbons (Fsp3) is 0.455. The summed E-state index contributed by atoms with van der Waals surface area (Å²) in [6.45, 7) is -0.730. The quantitative estimate of drug-likeness (QED) is 0.789. The van der Waals surface area contributed by atoms with Crippen molar-refractivity contribution in [1.82, 2.24) is 5.32 Å². The second kappa shape index (κ2) is 6.83. The van der Waals surface area contributed by atoms with Gasteiger partial charge >= 0.3 is 19.1 Å². The number of benzene rings is 1. The van der Waals surface area contributed by atoms with Crippen molar-refractivity contribution < 1.29 is 53.7 Å². The van der Waals surface area contributed by atoms with E-state index in [1.807, 2.05) is 0 Å². The third-order valence-corrected chi connectivity index (χ3v) is 2.20. The lowest BCUT2D eigenvalue weighted by atomic mass is 10.1. The van der Waals surface area contributed by atoms with Gasteiger partial charge in [0.2, 0.25) is 0 Å². The van der Waals surface area contributed by atoms with Crippen molar-refractivity contribution >= 4 is 0 Å². The Bertz CT molecular complexity index is 566. The predicted octanol–water partition coefficient (Wildman–Crippen LogP) is 4.10. The van der Waals surface area contributed by atoms with Gasteiger partial charge in [0.1, 0.15) is 5.75 Å². The molecule has 0 aliphatic rings. The van der Waals surface area contributed by atoms with E-state index in [1.54, 1.807) is 0 Å². The Kier molecular flexibility index (Phi) is 5.69. The summed E-state index contributed by atoms with van der Waals surface area (Å²) in [6.07, 6.45) is -16.2. The summed E-state index contributed by atoms with van der Waals surface area (Å²) in [4.78, 5) is 0. The van der Waals surface area contributed by atoms with Crippen molar-refractivity contribution in [1.29, 1.82) is 0 Å². The monoisotopic (exact) mass is 373 g/mol. The van der Waals surface area contributed by atoms with Gasteiger partial charge in [-0.25, -0.2) is 0 Å². The summed E-state index contributed by atoms with van der Waals surface area (Å²) >= 11 is 0. The molecule has 4 nitrogen and oxygen atoms in total. The number of halogens is 9. The van der Waals surface area contributed by atoms with Crippen molar-refractivity contribution in [2.24, 2.45) is 0 Å². The number of hydrogen-bond acceptors (Lipinski definition) is 4. The molecular weight excluding hydrogens is 365 g/mol. The van der Waals surface area contributed by atoms with Crippen LogP contribution in [-0.2, 0) is 6.54 Å². The third-order valence-electron chi connectivity index (χ3n) is 2.20. The van der Waals surface area contributed by atoms with Crippen LogP contribution in [0.2, 0.25) is 0 Å². The highest BCUT2D eigenvalue weighted by molar-refractivity contribution is 5.54. The Morgan fingerprint density at radius 1 is 0.750 bits per heavy atom. The lowest BCUT2D eigenvalue weighted by molar-refractivity contribution is -0.288. The first-order valence-corrected chi connectivity index (χ1v) is 5.79. The molecule has 0 saturated heterocycles. The van der Waals surface area contributed by atoms with Crippen LogP contribution in [0.25, 0.3) is 0 Å². The van der Waals surface area contributed by atoms with Gasteiger partial charge in [-0.2, -0.15) is 0 Å². The molecule has 0 fully saturated rings. The maximum absolute atomic E-state index is 12.4. The van der Waals surface area contributed by atoms with Crippen molar-refractivity contribution in [2.45, 2.75) is 25.6 Å². The van der Waals surface area contributed by atoms with Gasteiger partial charge in [0.25, 0.3) is 0 Å². The number of hydrogen-bond donors (Lipinski definition) is 1. The van der Waals surface area contributed by atoms with E-state index in [4.69, 9.17) is 0 Å². The first kappa shape index (κ1) is 20.0. The van der Waals surface area contributed by atoms with Crippen LogP contribution in [0.5, 0.6) is 17.2 Å². The normalized spacial score (nSPS) is 12.9. The molecule has 0 atom stereocenters. The molecule has 0 radical (unpaired) electrons. The minimum Gasteiger partial charge on any atom is -0.405 e. The van der Waals surface area contributed by atoms with Gasteiger partial charge in [0, 0.05) is 6.54 Å². The second-order valence-electron chi connectivity index (χ2n) is 4.04. The van der Waals surface area contributed by atoms with E-state index < -0.39 is 48.4 Å². The molecule has 1 aromatic carbocycles. The Balaban J connectivity index is 3.48. The highest BCUT2D eigenvalue weighted by atomic mass is 19.4. The molecular formula is C11H8F9NO3. The van der Waals surface area contributed by atoms with Gasteiger partial charge in [0.05, 0.1) is 5.56 Å². The van der Waals surface area contributed by atoms with E-state index in [9.17, 15) is 39.5 Å². The topological polar surface area (TPSA) is 39.7 Å². The molecule has 0 unspecified atom stereocenters. The van der Waals surface area contributed by atoms with Crippen LogP contribution in [-0.4, -0.2) is 26.1 Å². The lowest BCUT2D eigenvalue weighted by Gasteiger charge is -2.21. The molecule has 1 aromatic rings. The lowest BCUT2D eigenvalue weighted by Crippen LogP contribution is -2.24. The molecule has 24 heavy (non-hydrogen) atoms. The van der Waals surface area contributed by atoms with Gasteiger partial charge in [-0.15, -0.1) is 39.5 Å². The molecule has 13 heteroatoms. The molecule has 0 spiro atoms. The maximum atomic E-state index is 12.4. The summed E-state index contributed by atoms with van der Waals surface area (Å²) in [5.74, 6) is -4.25. The summed E-state index contributed by atoms with van der Waals surface area (Å²) < 4.78 is 121. The fourth-order valence-corrected chi connectivity index (χ4v) is 1.59. The molecule has 0 amide bonds. The Morgan fingerprint density at radius 2 is 1.17 bits per heavy atom. The van der Waals surface area contributed by atoms with E-state index in [0.717, 1.165) is 7.05 Å². The van der Waals surface area contributed by atoms with Gasteiger partial charge in [-0.3, -0.25) is 0 Å². The molecule has 0 heterocycles. The van der Waals surface area contributed by atoms with Crippen LogP contribution < -0.4 is 19.5 Å². The Labute approximate surface area is 128 Å². The summed E-state index contributed by atoms with van der Waals surface area (Å²) in [5, 5.41) is 2.19. The Hall–Kier alpha value is -2.05. The number of rotatable bonds is 5. The second-order valence-corrected chi connectivity index (χ2v) is 4.04. The van der Waals surface area contributed by atoms with Crippen LogP contribution in [0.15, 0.2) is 12.1 Å². The van der Waals surface area contributed by atoms with E-state index >= 15 is 0 Å². The molecule has 0 aromatic heterocycles. The molecule has 0 aliphatic heterocycles. The van der Waals surface area contributed by atoms with Crippen LogP contribution >= 0.6 is 0 Å². The summed E-state index contributed by atoms with van der Waals surface area (Å²) in [5.41, 5.74) is -0.964. The largest absolute Gasteiger partial charge is 0.573 e. The zero-order valence-corrected chi connectivity index (χ0v) is 11.5. The first-order chi connectivity index (χ1) is 10.7. The molecule has 0 bridgehead atoms. The minimum absolute atomic E-state index is 0.217. The highest BCUT2D eigenvalue weighted by Gasteiger charge is 2.40. The van der Waals surface area contributed by atoms with Crippen molar-refractivity contribution in [3.8, 4) is 17.2 Å². The predicted molar refractivity (Wildman–Crippen MR) is 59.3 cm³/mol. The van der Waals surface area contributed by atoms with Gasteiger partial charge < -0.3 is 19.5 Å². The average Bonchev–Trinajstić information content (AvgIpc) is 2.31. The van der Waals surface area contributed by atoms with E-state index in [-0.39, 0.29) is 6.07 Å². The van der Waals surface area contributed by atoms with E-state index in [1.165, 1.54) is 0 Å². The highest BCUT2D eigenvalue weighted by Crippen LogP contribution is 2.43. The number of alkyl halides is 9. The third kappa shape index (κ3) is 6.60. The molecule has 1 N–H and O–H groups in total. The molecule has 1 rings (SSSR count). The standard InChI is InChI=1S/C11H8F9NO3/c1-21-4-5-6(22-9(12,13)14)2-3-7(23-10(15,16)17)8(5)24-11(18,19)20/h2-3,21H,4H2,1H3. The zero-order chi connectivity index (χ0) is 18.8. The van der Waals surface area contributed by atoms with Crippen molar-refractivity contribution in [2.75, 3.05) is 7.05 Å². The molecule has 138 valence electrons. The molecule has 0 aliphatic carbocycles. The van der Waals surface area contributed by atoms with Crippen molar-refractivity contribution in [3.05, 3.63) is 17.7 Å². The van der Waals surface area contributed by atoms with E-state index in [0.29, 0.717) is 6.07 Å². The van der Waals surface area contributed by atoms with E-state index in [2.05, 4.69) is 19.5 Å². The van der Waals surface area contributed by atoms with Crippen LogP contribution in [0, 0.1) is 0 Å². The van der Waals surface area contributed by atoms with Gasteiger partial charge in [-0.05, 0) is 19.2 Å². The van der Waals surface area contributed by atoms with Crippen LogP contribution in [0.4, 0.5) is 39.5 Å². The smallest absolute Gasteiger partial charge is 0.405 e.